The Morgan fingerprint density at radius 2 is 2.11 bits per heavy atom. The minimum absolute atomic E-state index is 0.00231. The SMILES string of the molecule is CC.Cc1cc(=O)[nH]s1. The molecule has 1 aromatic rings. The van der Waals surface area contributed by atoms with E-state index in [2.05, 4.69) is 4.37 Å². The lowest BCUT2D eigenvalue weighted by Gasteiger charge is -1.63. The fraction of sp³-hybridized carbons (Fsp3) is 0.500. The fourth-order valence-electron chi connectivity index (χ4n) is 0.374. The molecular weight excluding hydrogens is 134 g/mol. The third kappa shape index (κ3) is 3.08. The first kappa shape index (κ1) is 8.43. The number of H-pyrrole nitrogens is 1. The highest BCUT2D eigenvalue weighted by molar-refractivity contribution is 7.05. The van der Waals surface area contributed by atoms with Crippen LogP contribution in [0.2, 0.25) is 0 Å². The predicted molar refractivity (Wildman–Crippen MR) is 41.0 cm³/mol. The van der Waals surface area contributed by atoms with Gasteiger partial charge in [-0.3, -0.25) is 9.17 Å². The first-order chi connectivity index (χ1) is 4.29. The van der Waals surface area contributed by atoms with Crippen molar-refractivity contribution < 1.29 is 0 Å². The molecular formula is C6H11NOS. The van der Waals surface area contributed by atoms with E-state index in [4.69, 9.17) is 0 Å². The number of rotatable bonds is 0. The Balaban J connectivity index is 0.000000291. The Kier molecular flexibility index (Phi) is 4.05. The van der Waals surface area contributed by atoms with Gasteiger partial charge in [-0.25, -0.2) is 0 Å². The molecule has 0 bridgehead atoms. The maximum Gasteiger partial charge on any atom is 0.258 e. The minimum Gasteiger partial charge on any atom is -0.278 e. The van der Waals surface area contributed by atoms with Crippen LogP contribution in [0.4, 0.5) is 0 Å². The molecule has 9 heavy (non-hydrogen) atoms. The van der Waals surface area contributed by atoms with Crippen molar-refractivity contribution in [1.82, 2.24) is 4.37 Å². The van der Waals surface area contributed by atoms with Crippen LogP contribution in [-0.4, -0.2) is 4.37 Å². The summed E-state index contributed by atoms with van der Waals surface area (Å²) in [5.41, 5.74) is 0.00231. The molecule has 0 aromatic carbocycles. The zero-order chi connectivity index (χ0) is 7.28. The molecule has 1 aromatic heterocycles. The van der Waals surface area contributed by atoms with E-state index in [1.165, 1.54) is 11.5 Å². The van der Waals surface area contributed by atoms with Crippen molar-refractivity contribution in [3.63, 3.8) is 0 Å². The lowest BCUT2D eigenvalue weighted by Crippen LogP contribution is -1.91. The second kappa shape index (κ2) is 4.32. The molecule has 0 fully saturated rings. The van der Waals surface area contributed by atoms with Crippen molar-refractivity contribution in [1.29, 1.82) is 0 Å². The Hall–Kier alpha value is -0.570. The number of hydrogen-bond acceptors (Lipinski definition) is 2. The monoisotopic (exact) mass is 145 g/mol. The second-order valence-electron chi connectivity index (χ2n) is 1.32. The van der Waals surface area contributed by atoms with E-state index in [1.54, 1.807) is 6.07 Å². The van der Waals surface area contributed by atoms with Crippen LogP contribution in [0.15, 0.2) is 10.9 Å². The summed E-state index contributed by atoms with van der Waals surface area (Å²) in [7, 11) is 0. The van der Waals surface area contributed by atoms with Crippen molar-refractivity contribution in [3.05, 3.63) is 21.3 Å². The summed E-state index contributed by atoms with van der Waals surface area (Å²) < 4.78 is 2.55. The van der Waals surface area contributed by atoms with Crippen LogP contribution in [0.1, 0.15) is 18.7 Å². The molecule has 0 saturated heterocycles. The van der Waals surface area contributed by atoms with Crippen LogP contribution in [0.3, 0.4) is 0 Å². The number of aromatic nitrogens is 1. The van der Waals surface area contributed by atoms with Crippen LogP contribution >= 0.6 is 11.5 Å². The van der Waals surface area contributed by atoms with Crippen LogP contribution in [0, 0.1) is 6.92 Å². The van der Waals surface area contributed by atoms with Crippen molar-refractivity contribution in [3.8, 4) is 0 Å². The summed E-state index contributed by atoms with van der Waals surface area (Å²) in [6, 6.07) is 1.57. The predicted octanol–water partition coefficient (Wildman–Crippen LogP) is 1.77. The van der Waals surface area contributed by atoms with Crippen LogP contribution < -0.4 is 5.56 Å². The summed E-state index contributed by atoms with van der Waals surface area (Å²) in [6.07, 6.45) is 0. The lowest BCUT2D eigenvalue weighted by molar-refractivity contribution is 1.42. The van der Waals surface area contributed by atoms with Crippen LogP contribution in [-0.2, 0) is 0 Å². The molecule has 1 heterocycles. The van der Waals surface area contributed by atoms with E-state index < -0.39 is 0 Å². The maximum atomic E-state index is 10.2. The normalized spacial score (nSPS) is 7.89. The van der Waals surface area contributed by atoms with Crippen molar-refractivity contribution in [2.45, 2.75) is 20.8 Å². The van der Waals surface area contributed by atoms with Gasteiger partial charge in [0.25, 0.3) is 5.56 Å². The Labute approximate surface area is 58.7 Å². The first-order valence-electron chi connectivity index (χ1n) is 2.94. The summed E-state index contributed by atoms with van der Waals surface area (Å²) in [5.74, 6) is 0. The average Bonchev–Trinajstić information content (AvgIpc) is 2.20. The third-order valence-corrected chi connectivity index (χ3v) is 1.39. The van der Waals surface area contributed by atoms with Crippen molar-refractivity contribution >= 4 is 11.5 Å². The molecule has 0 aliphatic carbocycles. The topological polar surface area (TPSA) is 32.9 Å². The highest BCUT2D eigenvalue weighted by atomic mass is 32.1. The van der Waals surface area contributed by atoms with Gasteiger partial charge >= 0.3 is 0 Å². The van der Waals surface area contributed by atoms with E-state index in [0.29, 0.717) is 0 Å². The molecule has 0 aliphatic heterocycles. The number of aromatic amines is 1. The summed E-state index contributed by atoms with van der Waals surface area (Å²) in [5, 5.41) is 0. The van der Waals surface area contributed by atoms with E-state index in [9.17, 15) is 4.79 Å². The summed E-state index contributed by atoms with van der Waals surface area (Å²) in [4.78, 5) is 11.3. The molecule has 0 aliphatic rings. The van der Waals surface area contributed by atoms with Gasteiger partial charge in [0.05, 0.1) is 0 Å². The Bertz CT molecular complexity index is 201. The zero-order valence-electron chi connectivity index (χ0n) is 5.89. The average molecular weight is 145 g/mol. The van der Waals surface area contributed by atoms with Gasteiger partial charge in [0, 0.05) is 10.9 Å². The quantitative estimate of drug-likeness (QED) is 0.593. The Morgan fingerprint density at radius 3 is 2.22 bits per heavy atom. The van der Waals surface area contributed by atoms with Crippen molar-refractivity contribution in [2.24, 2.45) is 0 Å². The number of nitrogens with one attached hydrogen (secondary N) is 1. The van der Waals surface area contributed by atoms with Gasteiger partial charge in [0.1, 0.15) is 0 Å². The molecule has 1 rings (SSSR count). The molecule has 1 N–H and O–H groups in total. The summed E-state index contributed by atoms with van der Waals surface area (Å²) in [6.45, 7) is 5.89. The van der Waals surface area contributed by atoms with Gasteiger partial charge < -0.3 is 0 Å². The molecule has 0 amide bonds. The smallest absolute Gasteiger partial charge is 0.258 e. The van der Waals surface area contributed by atoms with E-state index >= 15 is 0 Å². The third-order valence-electron chi connectivity index (χ3n) is 0.647. The van der Waals surface area contributed by atoms with Gasteiger partial charge in [-0.2, -0.15) is 0 Å². The summed E-state index contributed by atoms with van der Waals surface area (Å²) >= 11 is 1.37. The number of hydrogen-bond donors (Lipinski definition) is 1. The van der Waals surface area contributed by atoms with E-state index in [0.717, 1.165) is 4.88 Å². The molecule has 3 heteroatoms. The van der Waals surface area contributed by atoms with Crippen molar-refractivity contribution in [2.75, 3.05) is 0 Å². The van der Waals surface area contributed by atoms with E-state index in [1.807, 2.05) is 20.8 Å². The highest BCUT2D eigenvalue weighted by Gasteiger charge is 1.83. The van der Waals surface area contributed by atoms with Crippen LogP contribution in [0.5, 0.6) is 0 Å². The largest absolute Gasteiger partial charge is 0.278 e. The second-order valence-corrected chi connectivity index (χ2v) is 2.38. The van der Waals surface area contributed by atoms with Crippen LogP contribution in [0.25, 0.3) is 0 Å². The minimum atomic E-state index is 0.00231. The first-order valence-corrected chi connectivity index (χ1v) is 3.76. The van der Waals surface area contributed by atoms with Gasteiger partial charge in [-0.1, -0.05) is 25.4 Å². The molecule has 0 unspecified atom stereocenters. The zero-order valence-corrected chi connectivity index (χ0v) is 6.71. The molecule has 52 valence electrons. The fourth-order valence-corrected chi connectivity index (χ4v) is 0.861. The molecule has 0 spiro atoms. The van der Waals surface area contributed by atoms with Gasteiger partial charge in [0.15, 0.2) is 0 Å². The van der Waals surface area contributed by atoms with Gasteiger partial charge in [-0.05, 0) is 6.92 Å². The molecule has 0 atom stereocenters. The maximum absolute atomic E-state index is 10.2. The van der Waals surface area contributed by atoms with Gasteiger partial charge in [-0.15, -0.1) is 0 Å². The standard InChI is InChI=1S/C4H5NOS.C2H6/c1-3-2-4(6)5-7-3;1-2/h2H,1H3,(H,5,6);1-2H3. The Morgan fingerprint density at radius 1 is 1.56 bits per heavy atom. The van der Waals surface area contributed by atoms with E-state index in [-0.39, 0.29) is 5.56 Å². The molecule has 0 radical (unpaired) electrons. The highest BCUT2D eigenvalue weighted by Crippen LogP contribution is 1.93. The number of aryl methyl sites for hydroxylation is 1. The molecule has 2 nitrogen and oxygen atoms in total. The molecule has 0 saturated carbocycles. The lowest BCUT2D eigenvalue weighted by atomic mass is 10.6. The van der Waals surface area contributed by atoms with Gasteiger partial charge in [0.2, 0.25) is 0 Å².